The maximum Gasteiger partial charge on any atom is 0.103 e. The zero-order valence-corrected chi connectivity index (χ0v) is 15.2. The van der Waals surface area contributed by atoms with Crippen LogP contribution in [-0.2, 0) is 13.0 Å². The van der Waals surface area contributed by atoms with Crippen molar-refractivity contribution in [3.63, 3.8) is 0 Å². The van der Waals surface area contributed by atoms with Gasteiger partial charge in [-0.25, -0.2) is 9.97 Å². The van der Waals surface area contributed by atoms with E-state index in [0.29, 0.717) is 13.0 Å². The molecular weight excluding hydrogens is 336 g/mol. The van der Waals surface area contributed by atoms with Crippen molar-refractivity contribution in [2.45, 2.75) is 26.0 Å². The number of aromatic nitrogens is 4. The van der Waals surface area contributed by atoms with E-state index in [1.54, 1.807) is 6.33 Å². The molecule has 0 aliphatic heterocycles. The summed E-state index contributed by atoms with van der Waals surface area (Å²) in [4.78, 5) is 12.3. The maximum atomic E-state index is 10.6. The first-order valence-corrected chi connectivity index (χ1v) is 9.05. The van der Waals surface area contributed by atoms with Crippen LogP contribution in [0.5, 0.6) is 0 Å². The van der Waals surface area contributed by atoms with Gasteiger partial charge < -0.3 is 14.7 Å². The number of aliphatic hydroxyl groups is 1. The van der Waals surface area contributed by atoms with Crippen LogP contribution in [0.3, 0.4) is 0 Å². The van der Waals surface area contributed by atoms with Crippen LogP contribution in [0.4, 0.5) is 0 Å². The molecule has 0 spiro atoms. The summed E-state index contributed by atoms with van der Waals surface area (Å²) in [6.45, 7) is 2.39. The number of imidazole rings is 2. The topological polar surface area (TPSA) is 66.7 Å². The molecule has 136 valence electrons. The van der Waals surface area contributed by atoms with Gasteiger partial charge in [0.1, 0.15) is 5.82 Å². The van der Waals surface area contributed by atoms with E-state index >= 15 is 0 Å². The molecule has 2 aromatic heterocycles. The summed E-state index contributed by atoms with van der Waals surface area (Å²) >= 11 is 0. The van der Waals surface area contributed by atoms with Crippen LogP contribution in [0.15, 0.2) is 73.2 Å². The highest BCUT2D eigenvalue weighted by Crippen LogP contribution is 2.30. The second-order valence-corrected chi connectivity index (χ2v) is 6.69. The number of benzene rings is 2. The van der Waals surface area contributed by atoms with Gasteiger partial charge in [-0.3, -0.25) is 0 Å². The van der Waals surface area contributed by atoms with Crippen LogP contribution in [0.1, 0.15) is 11.4 Å². The summed E-state index contributed by atoms with van der Waals surface area (Å²) in [7, 11) is 0. The summed E-state index contributed by atoms with van der Waals surface area (Å²) in [5.41, 5.74) is 4.87. The largest absolute Gasteiger partial charge is 0.391 e. The van der Waals surface area contributed by atoms with Gasteiger partial charge in [0.2, 0.25) is 0 Å². The van der Waals surface area contributed by atoms with E-state index in [9.17, 15) is 5.11 Å². The lowest BCUT2D eigenvalue weighted by Crippen LogP contribution is -2.18. The van der Waals surface area contributed by atoms with Gasteiger partial charge in [-0.05, 0) is 12.5 Å². The average molecular weight is 358 g/mol. The van der Waals surface area contributed by atoms with Gasteiger partial charge >= 0.3 is 0 Å². The first-order chi connectivity index (χ1) is 13.2. The third kappa shape index (κ3) is 3.83. The van der Waals surface area contributed by atoms with Crippen LogP contribution in [0, 0.1) is 6.92 Å². The third-order valence-corrected chi connectivity index (χ3v) is 4.56. The molecule has 0 aliphatic carbocycles. The molecule has 4 aromatic rings. The fourth-order valence-corrected chi connectivity index (χ4v) is 3.33. The standard InChI is InChI=1S/C22H22N4O/c1-16-23-13-20(25-16)22-21(18-10-6-3-7-11-18)24-15-26(22)14-19(27)12-17-8-4-2-5-9-17/h2-11,13,15,19,27H,12,14H2,1H3,(H,23,25)/t19-/m0/s1. The molecule has 0 saturated carbocycles. The molecule has 0 bridgehead atoms. The zero-order chi connectivity index (χ0) is 18.6. The van der Waals surface area contributed by atoms with Gasteiger partial charge in [-0.1, -0.05) is 60.7 Å². The number of nitrogens with one attached hydrogen (secondary N) is 1. The summed E-state index contributed by atoms with van der Waals surface area (Å²) in [6, 6.07) is 20.1. The molecule has 5 heteroatoms. The Morgan fingerprint density at radius 1 is 1.00 bits per heavy atom. The lowest BCUT2D eigenvalue weighted by Gasteiger charge is -2.14. The number of rotatable bonds is 6. The minimum atomic E-state index is -0.506. The first-order valence-electron chi connectivity index (χ1n) is 9.05. The predicted octanol–water partition coefficient (Wildman–Crippen LogP) is 3.85. The third-order valence-electron chi connectivity index (χ3n) is 4.56. The van der Waals surface area contributed by atoms with Crippen molar-refractivity contribution in [3.05, 3.63) is 84.6 Å². The van der Waals surface area contributed by atoms with Crippen molar-refractivity contribution in [3.8, 4) is 22.6 Å². The Morgan fingerprint density at radius 3 is 2.37 bits per heavy atom. The minimum absolute atomic E-state index is 0.460. The molecular formula is C22H22N4O. The Morgan fingerprint density at radius 2 is 1.70 bits per heavy atom. The Hall–Kier alpha value is -3.18. The van der Waals surface area contributed by atoms with Gasteiger partial charge in [0.25, 0.3) is 0 Å². The van der Waals surface area contributed by atoms with Crippen LogP contribution >= 0.6 is 0 Å². The Balaban J connectivity index is 1.67. The number of aryl methyl sites for hydroxylation is 1. The Labute approximate surface area is 158 Å². The molecule has 0 aliphatic rings. The number of nitrogens with zero attached hydrogens (tertiary/aromatic N) is 3. The van der Waals surface area contributed by atoms with Gasteiger partial charge in [0.05, 0.1) is 42.3 Å². The fraction of sp³-hybridized carbons (Fsp3) is 0.182. The van der Waals surface area contributed by atoms with E-state index in [2.05, 4.69) is 15.0 Å². The van der Waals surface area contributed by atoms with Gasteiger partial charge in [0.15, 0.2) is 0 Å². The summed E-state index contributed by atoms with van der Waals surface area (Å²) in [5, 5.41) is 10.6. The molecule has 0 fully saturated rings. The van der Waals surface area contributed by atoms with Crippen LogP contribution in [-0.4, -0.2) is 30.7 Å². The Bertz CT molecular complexity index is 1010. The van der Waals surface area contributed by atoms with E-state index in [4.69, 9.17) is 0 Å². The first kappa shape index (κ1) is 17.2. The maximum absolute atomic E-state index is 10.6. The predicted molar refractivity (Wildman–Crippen MR) is 106 cm³/mol. The molecule has 0 unspecified atom stereocenters. The van der Waals surface area contributed by atoms with E-state index in [-0.39, 0.29) is 0 Å². The monoisotopic (exact) mass is 358 g/mol. The molecule has 2 N–H and O–H groups in total. The number of H-pyrrole nitrogens is 1. The minimum Gasteiger partial charge on any atom is -0.391 e. The molecule has 5 nitrogen and oxygen atoms in total. The van der Waals surface area contributed by atoms with Gasteiger partial charge in [0, 0.05) is 12.0 Å². The van der Waals surface area contributed by atoms with Gasteiger partial charge in [-0.15, -0.1) is 0 Å². The number of aliphatic hydroxyl groups excluding tert-OH is 1. The molecule has 0 radical (unpaired) electrons. The van der Waals surface area contributed by atoms with Crippen LogP contribution in [0.25, 0.3) is 22.6 Å². The van der Waals surface area contributed by atoms with Crippen molar-refractivity contribution in [2.75, 3.05) is 0 Å². The van der Waals surface area contributed by atoms with Crippen molar-refractivity contribution >= 4 is 0 Å². The second-order valence-electron chi connectivity index (χ2n) is 6.69. The lowest BCUT2D eigenvalue weighted by atomic mass is 10.1. The normalized spacial score (nSPS) is 12.2. The summed E-state index contributed by atoms with van der Waals surface area (Å²) in [5.74, 6) is 0.849. The molecule has 2 heterocycles. The van der Waals surface area contributed by atoms with E-state index in [1.165, 1.54) is 0 Å². The van der Waals surface area contributed by atoms with Crippen LogP contribution < -0.4 is 0 Å². The highest BCUT2D eigenvalue weighted by atomic mass is 16.3. The van der Waals surface area contributed by atoms with Crippen molar-refractivity contribution in [2.24, 2.45) is 0 Å². The van der Waals surface area contributed by atoms with E-state index in [1.807, 2.05) is 78.4 Å². The smallest absolute Gasteiger partial charge is 0.103 e. The van der Waals surface area contributed by atoms with Crippen molar-refractivity contribution in [1.29, 1.82) is 0 Å². The van der Waals surface area contributed by atoms with Crippen molar-refractivity contribution in [1.82, 2.24) is 19.5 Å². The van der Waals surface area contributed by atoms with E-state index < -0.39 is 6.10 Å². The summed E-state index contributed by atoms with van der Waals surface area (Å²) < 4.78 is 2.00. The Kier molecular flexibility index (Phi) is 4.85. The molecule has 4 rings (SSSR count). The molecule has 1 atom stereocenters. The zero-order valence-electron chi connectivity index (χ0n) is 15.2. The molecule has 27 heavy (non-hydrogen) atoms. The van der Waals surface area contributed by atoms with Gasteiger partial charge in [-0.2, -0.15) is 0 Å². The average Bonchev–Trinajstić information content (AvgIpc) is 3.29. The number of aromatic amines is 1. The summed E-state index contributed by atoms with van der Waals surface area (Å²) in [6.07, 6.45) is 3.70. The van der Waals surface area contributed by atoms with E-state index in [0.717, 1.165) is 34.0 Å². The highest BCUT2D eigenvalue weighted by molar-refractivity contribution is 5.76. The molecule has 2 aromatic carbocycles. The quantitative estimate of drug-likeness (QED) is 0.550. The SMILES string of the molecule is Cc1ncc(-c2c(-c3ccccc3)ncn2C[C@@H](O)Cc2ccccc2)[nH]1. The number of hydrogen-bond acceptors (Lipinski definition) is 3. The second kappa shape index (κ2) is 7.60. The molecule has 0 amide bonds. The number of hydrogen-bond donors (Lipinski definition) is 2. The van der Waals surface area contributed by atoms with Crippen LogP contribution in [0.2, 0.25) is 0 Å². The van der Waals surface area contributed by atoms with Crippen molar-refractivity contribution < 1.29 is 5.11 Å². The highest BCUT2D eigenvalue weighted by Gasteiger charge is 2.18. The lowest BCUT2D eigenvalue weighted by molar-refractivity contribution is 0.155. The fourth-order valence-electron chi connectivity index (χ4n) is 3.33. The molecule has 0 saturated heterocycles.